The van der Waals surface area contributed by atoms with Crippen molar-refractivity contribution >= 4 is 40.9 Å². The molecule has 260 valence electrons. The van der Waals surface area contributed by atoms with Gasteiger partial charge in [0.05, 0.1) is 19.4 Å². The summed E-state index contributed by atoms with van der Waals surface area (Å²) in [4.78, 5) is 59.5. The maximum atomic E-state index is 13.4. The molecular formula is C34H49N9O5. The molecule has 4 heterocycles. The monoisotopic (exact) mass is 663 g/mol. The largest absolute Gasteiger partial charge is 0.460 e. The number of carbonyl (C=O) groups is 3. The molecule has 8 rings (SSSR count). The third-order valence-corrected chi connectivity index (χ3v) is 10.7. The molecule has 6 aliphatic rings. The zero-order chi connectivity index (χ0) is 33.5. The van der Waals surface area contributed by atoms with E-state index >= 15 is 0 Å². The van der Waals surface area contributed by atoms with E-state index in [-0.39, 0.29) is 23.7 Å². The molecule has 0 aromatic carbocycles. The lowest BCUT2D eigenvalue weighted by molar-refractivity contribution is -0.156. The standard InChI is InChI=1S/C34H49N9O5/c1-33(2,3)48-26(44)14-25(40-32(46)47-18-34-15-21-11-22(16-34)13-23(12-21)17-34)43-20-39-27-28(37-19-38-29(27)43)42-9-5-24(6-10-42)30(45)41-31-35-7-4-8-36-31/h19-25H,4-18H2,1-3H3,(H,40,46)(H2,35,36,41,45). The minimum Gasteiger partial charge on any atom is -0.460 e. The number of nitrogens with zero attached hydrogens (tertiary/aromatic N) is 6. The van der Waals surface area contributed by atoms with Gasteiger partial charge in [0.15, 0.2) is 22.9 Å². The molecule has 2 amide bonds. The van der Waals surface area contributed by atoms with Gasteiger partial charge in [-0.25, -0.2) is 19.7 Å². The molecule has 4 saturated carbocycles. The van der Waals surface area contributed by atoms with E-state index < -0.39 is 23.8 Å². The Hall–Kier alpha value is -3.97. The lowest BCUT2D eigenvalue weighted by atomic mass is 9.50. The highest BCUT2D eigenvalue weighted by Gasteiger charge is 2.51. The Morgan fingerprint density at radius 2 is 1.75 bits per heavy atom. The summed E-state index contributed by atoms with van der Waals surface area (Å²) in [5.41, 5.74) is 0.428. The number of amides is 2. The second kappa shape index (κ2) is 13.1. The minimum atomic E-state index is -0.831. The average molecular weight is 664 g/mol. The lowest BCUT2D eigenvalue weighted by Crippen LogP contribution is -2.49. The predicted molar refractivity (Wildman–Crippen MR) is 178 cm³/mol. The van der Waals surface area contributed by atoms with Crippen molar-refractivity contribution < 1.29 is 23.9 Å². The fourth-order valence-corrected chi connectivity index (χ4v) is 9.11. The first kappa shape index (κ1) is 32.6. The Kier molecular flexibility index (Phi) is 8.92. The van der Waals surface area contributed by atoms with Crippen LogP contribution in [0.25, 0.3) is 11.2 Å². The maximum absolute atomic E-state index is 13.4. The van der Waals surface area contributed by atoms with Crippen LogP contribution in [-0.4, -0.2) is 81.8 Å². The molecule has 0 radical (unpaired) electrons. The van der Waals surface area contributed by atoms with Crippen LogP contribution >= 0.6 is 0 Å². The molecule has 2 aliphatic heterocycles. The number of alkyl carbamates (subject to hydrolysis) is 1. The van der Waals surface area contributed by atoms with Crippen molar-refractivity contribution in [1.29, 1.82) is 0 Å². The number of aromatic nitrogens is 4. The number of aliphatic imine (C=N–C) groups is 1. The Labute approximate surface area is 281 Å². The van der Waals surface area contributed by atoms with Crippen molar-refractivity contribution in [2.24, 2.45) is 34.1 Å². The number of ether oxygens (including phenoxy) is 2. The summed E-state index contributed by atoms with van der Waals surface area (Å²) >= 11 is 0. The maximum Gasteiger partial charge on any atom is 0.408 e. The number of esters is 1. The predicted octanol–water partition coefficient (Wildman–Crippen LogP) is 3.68. The van der Waals surface area contributed by atoms with Crippen LogP contribution in [0.2, 0.25) is 0 Å². The number of piperidine rings is 1. The van der Waals surface area contributed by atoms with Gasteiger partial charge >= 0.3 is 12.1 Å². The number of guanidine groups is 1. The fourth-order valence-electron chi connectivity index (χ4n) is 9.11. The molecule has 14 nitrogen and oxygen atoms in total. The topological polar surface area (TPSA) is 165 Å². The molecule has 4 bridgehead atoms. The molecule has 14 heteroatoms. The van der Waals surface area contributed by atoms with Crippen molar-refractivity contribution in [2.45, 2.75) is 96.7 Å². The van der Waals surface area contributed by atoms with E-state index in [1.165, 1.54) is 25.6 Å². The van der Waals surface area contributed by atoms with E-state index in [4.69, 9.17) is 9.47 Å². The third-order valence-electron chi connectivity index (χ3n) is 10.7. The summed E-state index contributed by atoms with van der Waals surface area (Å²) in [5.74, 6) is 2.86. The number of nitrogens with one attached hydrogen (secondary N) is 3. The number of hydrogen-bond donors (Lipinski definition) is 3. The van der Waals surface area contributed by atoms with Crippen LogP contribution in [0.15, 0.2) is 17.6 Å². The summed E-state index contributed by atoms with van der Waals surface area (Å²) in [6.07, 6.45) is 11.2. The highest BCUT2D eigenvalue weighted by atomic mass is 16.6. The normalized spacial score (nSPS) is 27.6. The number of imidazole rings is 1. The van der Waals surface area contributed by atoms with Crippen LogP contribution in [0, 0.1) is 29.1 Å². The first-order valence-corrected chi connectivity index (χ1v) is 17.7. The zero-order valence-corrected chi connectivity index (χ0v) is 28.4. The summed E-state index contributed by atoms with van der Waals surface area (Å²) in [6.45, 7) is 8.60. The number of carbonyl (C=O) groups excluding carboxylic acids is 3. The number of rotatable bonds is 8. The van der Waals surface area contributed by atoms with Crippen molar-refractivity contribution in [3.8, 4) is 0 Å². The molecule has 0 spiro atoms. The Morgan fingerprint density at radius 1 is 1.04 bits per heavy atom. The van der Waals surface area contributed by atoms with E-state index in [0.29, 0.717) is 62.0 Å². The molecule has 1 unspecified atom stereocenters. The molecule has 48 heavy (non-hydrogen) atoms. The van der Waals surface area contributed by atoms with Crippen molar-refractivity contribution in [2.75, 3.05) is 37.7 Å². The van der Waals surface area contributed by atoms with E-state index in [2.05, 4.69) is 40.8 Å². The van der Waals surface area contributed by atoms with Crippen LogP contribution in [0.5, 0.6) is 0 Å². The Bertz CT molecular complexity index is 1520. The fraction of sp³-hybridized carbons (Fsp3) is 0.735. The van der Waals surface area contributed by atoms with Gasteiger partial charge in [0.1, 0.15) is 18.1 Å². The van der Waals surface area contributed by atoms with E-state index in [0.717, 1.165) is 50.0 Å². The van der Waals surface area contributed by atoms with Gasteiger partial charge in [-0.1, -0.05) is 0 Å². The molecule has 1 atom stereocenters. The van der Waals surface area contributed by atoms with Gasteiger partial charge in [0.25, 0.3) is 0 Å². The van der Waals surface area contributed by atoms with Crippen LogP contribution in [0.4, 0.5) is 10.6 Å². The van der Waals surface area contributed by atoms with Crippen molar-refractivity contribution in [3.05, 3.63) is 12.7 Å². The van der Waals surface area contributed by atoms with Gasteiger partial charge in [0, 0.05) is 37.5 Å². The number of anilines is 1. The van der Waals surface area contributed by atoms with E-state index in [9.17, 15) is 14.4 Å². The van der Waals surface area contributed by atoms with Crippen LogP contribution in [0.3, 0.4) is 0 Å². The highest BCUT2D eigenvalue weighted by Crippen LogP contribution is 2.60. The highest BCUT2D eigenvalue weighted by molar-refractivity contribution is 5.98. The van der Waals surface area contributed by atoms with Crippen molar-refractivity contribution in [3.63, 3.8) is 0 Å². The molecule has 2 aromatic heterocycles. The molecule has 2 aromatic rings. The van der Waals surface area contributed by atoms with Crippen LogP contribution in [0.1, 0.15) is 91.1 Å². The van der Waals surface area contributed by atoms with Crippen molar-refractivity contribution in [1.82, 2.24) is 35.5 Å². The van der Waals surface area contributed by atoms with Gasteiger partial charge in [0.2, 0.25) is 5.91 Å². The van der Waals surface area contributed by atoms with Crippen LogP contribution < -0.4 is 20.9 Å². The first-order chi connectivity index (χ1) is 23.0. The summed E-state index contributed by atoms with van der Waals surface area (Å²) in [7, 11) is 0. The van der Waals surface area contributed by atoms with Gasteiger partial charge in [-0.2, -0.15) is 0 Å². The lowest BCUT2D eigenvalue weighted by Gasteiger charge is -2.56. The number of fused-ring (bicyclic) bond motifs is 1. The summed E-state index contributed by atoms with van der Waals surface area (Å²) in [6, 6.07) is 0. The van der Waals surface area contributed by atoms with Gasteiger partial charge in [-0.05, 0) is 96.3 Å². The summed E-state index contributed by atoms with van der Waals surface area (Å²) in [5, 5.41) is 9.01. The Morgan fingerprint density at radius 3 is 2.40 bits per heavy atom. The second-order valence-corrected chi connectivity index (χ2v) is 15.7. The number of hydrogen-bond acceptors (Lipinski definition) is 11. The SMILES string of the molecule is CC(C)(C)OC(=O)CC(NC(=O)OCC12CC3CC(CC(C3)C1)C2)n1cnc2c(N3CCC(C(=O)NC4=NCCCN4)CC3)ncnc21. The smallest absolute Gasteiger partial charge is 0.408 e. The molecule has 4 aliphatic carbocycles. The van der Waals surface area contributed by atoms with E-state index in [1.54, 1.807) is 10.9 Å². The molecule has 3 N–H and O–H groups in total. The molecule has 5 fully saturated rings. The Balaban J connectivity index is 1.04. The molecular weight excluding hydrogens is 614 g/mol. The third kappa shape index (κ3) is 7.21. The first-order valence-electron chi connectivity index (χ1n) is 17.7. The summed E-state index contributed by atoms with van der Waals surface area (Å²) < 4.78 is 13.2. The van der Waals surface area contributed by atoms with Gasteiger partial charge < -0.3 is 25.0 Å². The van der Waals surface area contributed by atoms with E-state index in [1.807, 2.05) is 20.8 Å². The molecule has 1 saturated heterocycles. The van der Waals surface area contributed by atoms with Gasteiger partial charge in [-0.15, -0.1) is 0 Å². The zero-order valence-electron chi connectivity index (χ0n) is 28.4. The average Bonchev–Trinajstić information content (AvgIpc) is 3.47. The van der Waals surface area contributed by atoms with Crippen LogP contribution in [-0.2, 0) is 19.1 Å². The minimum absolute atomic E-state index is 0.0222. The second-order valence-electron chi connectivity index (χ2n) is 15.7. The quantitative estimate of drug-likeness (QED) is 0.355. The van der Waals surface area contributed by atoms with Gasteiger partial charge in [-0.3, -0.25) is 24.5 Å².